The van der Waals surface area contributed by atoms with Crippen molar-refractivity contribution in [2.24, 2.45) is 5.73 Å². The first kappa shape index (κ1) is 46.8. The predicted octanol–water partition coefficient (Wildman–Crippen LogP) is 2.44. The fraction of sp³-hybridized carbons (Fsp3) is 0.886. The molecule has 0 rings (SSSR count). The van der Waals surface area contributed by atoms with Crippen LogP contribution in [-0.2, 0) is 47.6 Å². The molecule has 0 bridgehead atoms. The van der Waals surface area contributed by atoms with Crippen LogP contribution in [0.2, 0.25) is 0 Å². The molecule has 288 valence electrons. The molecule has 0 aromatic carbocycles. The van der Waals surface area contributed by atoms with Crippen LogP contribution in [0.4, 0.5) is 0 Å². The maximum Gasteiger partial charge on any atom is 0.246 e. The number of ether oxygens (including phenoxy) is 6. The second-order valence-corrected chi connectivity index (χ2v) is 11.9. The van der Waals surface area contributed by atoms with E-state index in [0.29, 0.717) is 65.7 Å². The van der Waals surface area contributed by atoms with Crippen LogP contribution in [0.5, 0.6) is 0 Å². The van der Waals surface area contributed by atoms with Crippen LogP contribution in [0, 0.1) is 0 Å². The Bertz CT molecular complexity index is 792. The van der Waals surface area contributed by atoms with Gasteiger partial charge in [-0.3, -0.25) is 19.2 Å². The first-order valence-electron chi connectivity index (χ1n) is 18.4. The number of nitrogens with one attached hydrogen (secondary N) is 3. The van der Waals surface area contributed by atoms with E-state index in [1.54, 1.807) is 0 Å². The van der Waals surface area contributed by atoms with Crippen molar-refractivity contribution >= 4 is 23.5 Å². The van der Waals surface area contributed by atoms with Crippen molar-refractivity contribution in [1.82, 2.24) is 16.0 Å². The molecule has 3 amide bonds. The van der Waals surface area contributed by atoms with E-state index in [1.807, 2.05) is 0 Å². The van der Waals surface area contributed by atoms with Crippen LogP contribution in [0.3, 0.4) is 0 Å². The zero-order chi connectivity index (χ0) is 35.9. The highest BCUT2D eigenvalue weighted by Gasteiger charge is 2.04. The topological polar surface area (TPSA) is 186 Å². The lowest BCUT2D eigenvalue weighted by Gasteiger charge is -2.09. The molecule has 0 aliphatic rings. The molecule has 0 aromatic heterocycles. The van der Waals surface area contributed by atoms with E-state index in [2.05, 4.69) is 16.0 Å². The van der Waals surface area contributed by atoms with Crippen molar-refractivity contribution in [3.63, 3.8) is 0 Å². The van der Waals surface area contributed by atoms with Gasteiger partial charge in [0.05, 0.1) is 59.5 Å². The molecule has 49 heavy (non-hydrogen) atoms. The number of hydrogen-bond donors (Lipinski definition) is 4. The fourth-order valence-electron chi connectivity index (χ4n) is 4.56. The van der Waals surface area contributed by atoms with Gasteiger partial charge in [0.2, 0.25) is 17.7 Å². The molecule has 0 saturated heterocycles. The summed E-state index contributed by atoms with van der Waals surface area (Å²) in [5.74, 6) is -0.490. The van der Waals surface area contributed by atoms with E-state index in [-0.39, 0.29) is 63.1 Å². The smallest absolute Gasteiger partial charge is 0.246 e. The monoisotopic (exact) mass is 704 g/mol. The van der Waals surface area contributed by atoms with E-state index < -0.39 is 0 Å². The number of amides is 3. The molecule has 5 N–H and O–H groups in total. The maximum absolute atomic E-state index is 12.0. The summed E-state index contributed by atoms with van der Waals surface area (Å²) >= 11 is 0. The molecule has 0 aliphatic carbocycles. The van der Waals surface area contributed by atoms with Crippen molar-refractivity contribution < 1.29 is 47.6 Å². The van der Waals surface area contributed by atoms with E-state index in [1.165, 1.54) is 71.1 Å². The molecule has 0 saturated carbocycles. The number of unbranched alkanes of at least 4 members (excludes halogenated alkanes) is 12. The Morgan fingerprint density at radius 3 is 1.12 bits per heavy atom. The maximum atomic E-state index is 12.0. The Morgan fingerprint density at radius 2 is 0.735 bits per heavy atom. The third-order valence-corrected chi connectivity index (χ3v) is 7.20. The van der Waals surface area contributed by atoms with E-state index >= 15 is 0 Å². The lowest BCUT2D eigenvalue weighted by atomic mass is 10.0. The highest BCUT2D eigenvalue weighted by atomic mass is 16.5. The quantitative estimate of drug-likeness (QED) is 0.0689. The van der Waals surface area contributed by atoms with E-state index in [9.17, 15) is 19.2 Å². The van der Waals surface area contributed by atoms with Crippen LogP contribution < -0.4 is 21.7 Å². The Hall–Kier alpha value is -2.20. The molecule has 14 heteroatoms. The van der Waals surface area contributed by atoms with Gasteiger partial charge in [0.15, 0.2) is 5.78 Å². The molecule has 0 fully saturated rings. The Balaban J connectivity index is 3.31. The summed E-state index contributed by atoms with van der Waals surface area (Å²) in [6.07, 6.45) is 16.8. The molecule has 0 aliphatic heterocycles. The summed E-state index contributed by atoms with van der Waals surface area (Å²) in [6.45, 7) is 6.18. The van der Waals surface area contributed by atoms with E-state index in [4.69, 9.17) is 34.2 Å². The highest BCUT2D eigenvalue weighted by Crippen LogP contribution is 2.12. The zero-order valence-electron chi connectivity index (χ0n) is 30.4. The van der Waals surface area contributed by atoms with Crippen molar-refractivity contribution in [2.75, 3.05) is 105 Å². The van der Waals surface area contributed by atoms with Crippen LogP contribution in [0.25, 0.3) is 0 Å². The molecule has 14 nitrogen and oxygen atoms in total. The number of carbonyl (C=O) groups excluding carboxylic acids is 4. The fourth-order valence-corrected chi connectivity index (χ4v) is 4.56. The van der Waals surface area contributed by atoms with Crippen molar-refractivity contribution in [2.45, 2.75) is 96.8 Å². The van der Waals surface area contributed by atoms with Gasteiger partial charge in [-0.05, 0) is 26.3 Å². The van der Waals surface area contributed by atoms with Gasteiger partial charge in [0, 0.05) is 26.1 Å². The summed E-state index contributed by atoms with van der Waals surface area (Å²) in [7, 11) is 0. The molecule has 0 atom stereocenters. The lowest BCUT2D eigenvalue weighted by Crippen LogP contribution is -2.32. The van der Waals surface area contributed by atoms with Crippen LogP contribution in [0.1, 0.15) is 96.8 Å². The Labute approximate surface area is 294 Å². The molecule has 0 spiro atoms. The summed E-state index contributed by atoms with van der Waals surface area (Å²) in [4.78, 5) is 46.2. The minimum Gasteiger partial charge on any atom is -0.377 e. The highest BCUT2D eigenvalue weighted by molar-refractivity contribution is 5.77. The summed E-state index contributed by atoms with van der Waals surface area (Å²) in [5, 5.41) is 8.24. The predicted molar refractivity (Wildman–Crippen MR) is 188 cm³/mol. The van der Waals surface area contributed by atoms with Gasteiger partial charge < -0.3 is 50.1 Å². The molecule has 0 heterocycles. The molecular formula is C35H68N4O10. The van der Waals surface area contributed by atoms with E-state index in [0.717, 1.165) is 25.8 Å². The van der Waals surface area contributed by atoms with Gasteiger partial charge in [0.1, 0.15) is 19.8 Å². The van der Waals surface area contributed by atoms with Crippen LogP contribution >= 0.6 is 0 Å². The van der Waals surface area contributed by atoms with Gasteiger partial charge in [0.25, 0.3) is 0 Å². The molecular weight excluding hydrogens is 636 g/mol. The van der Waals surface area contributed by atoms with Gasteiger partial charge in [-0.2, -0.15) is 0 Å². The van der Waals surface area contributed by atoms with Crippen LogP contribution in [0.15, 0.2) is 0 Å². The number of Topliss-reactive ketones (excluding diaryl/α,β-unsaturated/α-hetero) is 1. The van der Waals surface area contributed by atoms with Crippen molar-refractivity contribution in [3.8, 4) is 0 Å². The second kappa shape index (κ2) is 38.6. The molecule has 0 aromatic rings. The van der Waals surface area contributed by atoms with Gasteiger partial charge >= 0.3 is 0 Å². The second-order valence-electron chi connectivity index (χ2n) is 11.9. The largest absolute Gasteiger partial charge is 0.377 e. The zero-order valence-corrected chi connectivity index (χ0v) is 30.4. The normalized spacial score (nSPS) is 11.1. The average Bonchev–Trinajstić information content (AvgIpc) is 3.08. The minimum atomic E-state index is -0.260. The van der Waals surface area contributed by atoms with Gasteiger partial charge in [-0.15, -0.1) is 0 Å². The first-order chi connectivity index (χ1) is 24.0. The summed E-state index contributed by atoms with van der Waals surface area (Å²) in [5.41, 5.74) is 5.52. The number of carbonyl (C=O) groups is 4. The number of nitrogens with two attached hydrogens (primary N) is 1. The molecule has 0 radical (unpaired) electrons. The summed E-state index contributed by atoms with van der Waals surface area (Å²) < 4.78 is 31.7. The standard InChI is InChI=1S/C35H68N4O10/c1-32(40)29-47-26-23-45-21-18-38-34(42)31-49-28-25-46-22-19-39-35(43)30-48-27-24-44-20-17-37-33(41)15-13-11-9-7-5-3-2-4-6-8-10-12-14-16-36/h2-31,36H2,1H3,(H,37,41)(H,38,42)(H,39,43). The third kappa shape index (κ3) is 40.1. The molecule has 0 unspecified atom stereocenters. The minimum absolute atomic E-state index is 0.0390. The van der Waals surface area contributed by atoms with Gasteiger partial charge in [-0.25, -0.2) is 0 Å². The Kier molecular flexibility index (Phi) is 36.9. The number of rotatable bonds is 39. The lowest BCUT2D eigenvalue weighted by molar-refractivity contribution is -0.127. The van der Waals surface area contributed by atoms with Crippen molar-refractivity contribution in [3.05, 3.63) is 0 Å². The van der Waals surface area contributed by atoms with Crippen LogP contribution in [-0.4, -0.2) is 129 Å². The summed E-state index contributed by atoms with van der Waals surface area (Å²) in [6, 6.07) is 0. The average molecular weight is 705 g/mol. The van der Waals surface area contributed by atoms with Gasteiger partial charge in [-0.1, -0.05) is 70.6 Å². The first-order valence-corrected chi connectivity index (χ1v) is 18.4. The van der Waals surface area contributed by atoms with Crippen molar-refractivity contribution in [1.29, 1.82) is 0 Å². The SMILES string of the molecule is CC(=O)COCCOCCNC(=O)COCCOCCNC(=O)COCCOCCNC(=O)CCCCCCCCCCCCCCCN. The Morgan fingerprint density at radius 1 is 0.408 bits per heavy atom. The number of hydrogen-bond acceptors (Lipinski definition) is 11. The number of ketones is 1. The third-order valence-electron chi connectivity index (χ3n) is 7.20.